The number of primary amides is 1. The molecule has 1 aromatic carbocycles. The molecule has 1 aromatic rings. The molecule has 0 aliphatic rings. The normalized spacial score (nSPS) is 11.1. The van der Waals surface area contributed by atoms with Crippen LogP contribution in [0.25, 0.3) is 0 Å². The molecule has 0 saturated carbocycles. The number of nitrogens with two attached hydrogens (primary N) is 1. The number of carbonyl (C=O) groups excluding carboxylic acids is 1. The fraction of sp³-hybridized carbons (Fsp3) is 0.364. The van der Waals surface area contributed by atoms with Gasteiger partial charge in [-0.05, 0) is 38.0 Å². The Balaban J connectivity index is 2.68. The van der Waals surface area contributed by atoms with Gasteiger partial charge < -0.3 is 11.1 Å². The zero-order valence-corrected chi connectivity index (χ0v) is 9.64. The highest BCUT2D eigenvalue weighted by Gasteiger charge is 2.19. The van der Waals surface area contributed by atoms with E-state index in [-0.39, 0.29) is 5.54 Å². The Kier molecular flexibility index (Phi) is 3.58. The Hall–Kier alpha value is -1.22. The molecular weight excluding hydrogens is 212 g/mol. The van der Waals surface area contributed by atoms with Gasteiger partial charge >= 0.3 is 6.03 Å². The van der Waals surface area contributed by atoms with Gasteiger partial charge in [0.25, 0.3) is 0 Å². The zero-order valence-electron chi connectivity index (χ0n) is 8.88. The van der Waals surface area contributed by atoms with Gasteiger partial charge in [-0.2, -0.15) is 0 Å². The largest absolute Gasteiger partial charge is 0.352 e. The molecule has 0 heterocycles. The predicted molar refractivity (Wildman–Crippen MR) is 62.0 cm³/mol. The summed E-state index contributed by atoms with van der Waals surface area (Å²) in [6.45, 7) is 3.85. The van der Waals surface area contributed by atoms with Gasteiger partial charge in [0.2, 0.25) is 0 Å². The average molecular weight is 227 g/mol. The minimum atomic E-state index is -0.506. The maximum absolute atomic E-state index is 10.7. The Morgan fingerprint density at radius 2 is 1.93 bits per heavy atom. The van der Waals surface area contributed by atoms with Gasteiger partial charge in [0.15, 0.2) is 0 Å². The molecule has 3 nitrogen and oxygen atoms in total. The van der Waals surface area contributed by atoms with Crippen LogP contribution in [0.4, 0.5) is 4.79 Å². The summed E-state index contributed by atoms with van der Waals surface area (Å²) in [6, 6.07) is 7.03. The van der Waals surface area contributed by atoms with Crippen LogP contribution in [0.15, 0.2) is 24.3 Å². The Morgan fingerprint density at radius 3 is 2.40 bits per heavy atom. The van der Waals surface area contributed by atoms with Crippen molar-refractivity contribution in [2.24, 2.45) is 5.73 Å². The lowest BCUT2D eigenvalue weighted by Crippen LogP contribution is -2.47. The number of hydrogen-bond donors (Lipinski definition) is 2. The van der Waals surface area contributed by atoms with Crippen molar-refractivity contribution in [2.75, 3.05) is 0 Å². The standard InChI is InChI=1S/C11H15ClN2O/c1-11(2,14-10(13)15)7-8-3-5-9(12)6-4-8/h3-6H,7H2,1-2H3,(H3,13,14,15). The molecule has 2 amide bonds. The van der Waals surface area contributed by atoms with E-state index in [0.29, 0.717) is 11.4 Å². The third kappa shape index (κ3) is 4.21. The van der Waals surface area contributed by atoms with E-state index >= 15 is 0 Å². The molecule has 15 heavy (non-hydrogen) atoms. The zero-order chi connectivity index (χ0) is 11.5. The van der Waals surface area contributed by atoms with E-state index in [4.69, 9.17) is 17.3 Å². The molecule has 0 radical (unpaired) electrons. The van der Waals surface area contributed by atoms with Crippen LogP contribution >= 0.6 is 11.6 Å². The van der Waals surface area contributed by atoms with Gasteiger partial charge in [-0.3, -0.25) is 0 Å². The second-order valence-corrected chi connectivity index (χ2v) is 4.61. The van der Waals surface area contributed by atoms with Crippen molar-refractivity contribution in [3.05, 3.63) is 34.9 Å². The van der Waals surface area contributed by atoms with Crippen molar-refractivity contribution in [1.82, 2.24) is 5.32 Å². The molecule has 0 aliphatic heterocycles. The van der Waals surface area contributed by atoms with E-state index in [9.17, 15) is 4.79 Å². The molecule has 1 rings (SSSR count). The fourth-order valence-corrected chi connectivity index (χ4v) is 1.62. The van der Waals surface area contributed by atoms with Gasteiger partial charge in [0.1, 0.15) is 0 Å². The quantitative estimate of drug-likeness (QED) is 0.817. The lowest BCUT2D eigenvalue weighted by atomic mass is 9.95. The molecule has 3 N–H and O–H groups in total. The lowest BCUT2D eigenvalue weighted by Gasteiger charge is -2.25. The Morgan fingerprint density at radius 1 is 1.40 bits per heavy atom. The molecule has 82 valence electrons. The maximum Gasteiger partial charge on any atom is 0.312 e. The minimum Gasteiger partial charge on any atom is -0.352 e. The minimum absolute atomic E-state index is 0.348. The number of amides is 2. The van der Waals surface area contributed by atoms with Gasteiger partial charge in [-0.25, -0.2) is 4.79 Å². The van der Waals surface area contributed by atoms with Crippen LogP contribution in [0.1, 0.15) is 19.4 Å². The summed E-state index contributed by atoms with van der Waals surface area (Å²) in [4.78, 5) is 10.7. The average Bonchev–Trinajstić information content (AvgIpc) is 2.06. The molecule has 0 aliphatic carbocycles. The molecular formula is C11H15ClN2O. The summed E-state index contributed by atoms with van der Waals surface area (Å²) in [6.07, 6.45) is 0.715. The van der Waals surface area contributed by atoms with Crippen molar-refractivity contribution in [1.29, 1.82) is 0 Å². The van der Waals surface area contributed by atoms with E-state index in [1.807, 2.05) is 38.1 Å². The van der Waals surface area contributed by atoms with Crippen molar-refractivity contribution < 1.29 is 4.79 Å². The van der Waals surface area contributed by atoms with Crippen molar-refractivity contribution >= 4 is 17.6 Å². The third-order valence-corrected chi connectivity index (χ3v) is 2.27. The monoisotopic (exact) mass is 226 g/mol. The number of nitrogens with one attached hydrogen (secondary N) is 1. The number of rotatable bonds is 3. The summed E-state index contributed by atoms with van der Waals surface area (Å²) >= 11 is 5.78. The van der Waals surface area contributed by atoms with Crippen LogP contribution in [-0.4, -0.2) is 11.6 Å². The second kappa shape index (κ2) is 4.53. The number of urea groups is 1. The first-order valence-electron chi connectivity index (χ1n) is 4.71. The smallest absolute Gasteiger partial charge is 0.312 e. The fourth-order valence-electron chi connectivity index (χ4n) is 1.49. The number of benzene rings is 1. The highest BCUT2D eigenvalue weighted by atomic mass is 35.5. The number of halogens is 1. The topological polar surface area (TPSA) is 55.1 Å². The van der Waals surface area contributed by atoms with Gasteiger partial charge in [0.05, 0.1) is 0 Å². The molecule has 0 saturated heterocycles. The van der Waals surface area contributed by atoms with Crippen LogP contribution in [0, 0.1) is 0 Å². The van der Waals surface area contributed by atoms with E-state index in [1.165, 1.54) is 0 Å². The molecule has 0 atom stereocenters. The summed E-state index contributed by atoms with van der Waals surface area (Å²) in [5.41, 5.74) is 5.85. The molecule has 0 spiro atoms. The number of hydrogen-bond acceptors (Lipinski definition) is 1. The van der Waals surface area contributed by atoms with E-state index in [2.05, 4.69) is 5.32 Å². The summed E-state index contributed by atoms with van der Waals surface area (Å²) in [5, 5.41) is 3.40. The van der Waals surface area contributed by atoms with E-state index < -0.39 is 6.03 Å². The number of carbonyl (C=O) groups is 1. The second-order valence-electron chi connectivity index (χ2n) is 4.18. The molecule has 0 aromatic heterocycles. The lowest BCUT2D eigenvalue weighted by molar-refractivity contribution is 0.238. The van der Waals surface area contributed by atoms with E-state index in [0.717, 1.165) is 5.56 Å². The predicted octanol–water partition coefficient (Wildman–Crippen LogP) is 2.33. The molecule has 0 fully saturated rings. The SMILES string of the molecule is CC(C)(Cc1ccc(Cl)cc1)NC(N)=O. The Bertz CT molecular complexity index is 346. The van der Waals surface area contributed by atoms with Gasteiger partial charge in [0, 0.05) is 10.6 Å². The van der Waals surface area contributed by atoms with Crippen LogP contribution in [0.3, 0.4) is 0 Å². The van der Waals surface area contributed by atoms with Crippen LogP contribution in [0.2, 0.25) is 5.02 Å². The Labute approximate surface area is 94.6 Å². The summed E-state index contributed by atoms with van der Waals surface area (Å²) in [5.74, 6) is 0. The first kappa shape index (κ1) is 11.9. The van der Waals surface area contributed by atoms with Crippen LogP contribution in [-0.2, 0) is 6.42 Å². The van der Waals surface area contributed by atoms with Crippen LogP contribution in [0.5, 0.6) is 0 Å². The molecule has 0 bridgehead atoms. The van der Waals surface area contributed by atoms with E-state index in [1.54, 1.807) is 0 Å². The van der Waals surface area contributed by atoms with Crippen molar-refractivity contribution in [3.8, 4) is 0 Å². The van der Waals surface area contributed by atoms with Gasteiger partial charge in [-0.15, -0.1) is 0 Å². The van der Waals surface area contributed by atoms with Crippen molar-refractivity contribution in [3.63, 3.8) is 0 Å². The molecule has 4 heteroatoms. The summed E-state index contributed by atoms with van der Waals surface area (Å²) in [7, 11) is 0. The highest BCUT2D eigenvalue weighted by Crippen LogP contribution is 2.15. The highest BCUT2D eigenvalue weighted by molar-refractivity contribution is 6.30. The van der Waals surface area contributed by atoms with Crippen LogP contribution < -0.4 is 11.1 Å². The maximum atomic E-state index is 10.7. The molecule has 0 unspecified atom stereocenters. The van der Waals surface area contributed by atoms with Crippen molar-refractivity contribution in [2.45, 2.75) is 25.8 Å². The first-order chi connectivity index (χ1) is 6.89. The third-order valence-electron chi connectivity index (χ3n) is 2.02. The van der Waals surface area contributed by atoms with Gasteiger partial charge in [-0.1, -0.05) is 23.7 Å². The summed E-state index contributed by atoms with van der Waals surface area (Å²) < 4.78 is 0. The first-order valence-corrected chi connectivity index (χ1v) is 5.09.